The summed E-state index contributed by atoms with van der Waals surface area (Å²) in [6.07, 6.45) is 0. The first-order valence-corrected chi connectivity index (χ1v) is 12.5. The molecule has 3 nitrogen and oxygen atoms in total. The standard InChI is InChI=1S/C26H27N3S2/c1-18(2)30-20-8-10-22-23-11-9-21(17-25(23)26(27)24(22)16-20)31-29-14-12-28(13-15-29)19-6-4-3-5-7-19/h3-11,16-18,27H,12-15H2,1-2H3. The van der Waals surface area contributed by atoms with Crippen LogP contribution in [-0.2, 0) is 0 Å². The maximum absolute atomic E-state index is 8.79. The van der Waals surface area contributed by atoms with Gasteiger partial charge < -0.3 is 4.90 Å². The largest absolute Gasteiger partial charge is 0.369 e. The average Bonchev–Trinajstić information content (AvgIpc) is 3.06. The van der Waals surface area contributed by atoms with Crippen LogP contribution in [0.4, 0.5) is 5.69 Å². The van der Waals surface area contributed by atoms with Crippen LogP contribution in [0.3, 0.4) is 0 Å². The molecule has 3 aromatic carbocycles. The molecule has 1 aliphatic heterocycles. The summed E-state index contributed by atoms with van der Waals surface area (Å²) in [5.74, 6) is 0. The highest BCUT2D eigenvalue weighted by Crippen LogP contribution is 2.41. The Labute approximate surface area is 193 Å². The summed E-state index contributed by atoms with van der Waals surface area (Å²) >= 11 is 3.68. The van der Waals surface area contributed by atoms with Crippen LogP contribution in [0, 0.1) is 5.41 Å². The molecule has 1 aliphatic carbocycles. The van der Waals surface area contributed by atoms with Crippen LogP contribution in [0.2, 0.25) is 0 Å². The van der Waals surface area contributed by atoms with Crippen LogP contribution in [0.1, 0.15) is 25.0 Å². The lowest BCUT2D eigenvalue weighted by molar-refractivity contribution is 0.429. The van der Waals surface area contributed by atoms with E-state index >= 15 is 0 Å². The van der Waals surface area contributed by atoms with Gasteiger partial charge in [-0.25, -0.2) is 4.31 Å². The monoisotopic (exact) mass is 445 g/mol. The zero-order valence-electron chi connectivity index (χ0n) is 18.0. The van der Waals surface area contributed by atoms with Gasteiger partial charge in [0, 0.05) is 58.0 Å². The van der Waals surface area contributed by atoms with Gasteiger partial charge >= 0.3 is 0 Å². The van der Waals surface area contributed by atoms with E-state index < -0.39 is 0 Å². The summed E-state index contributed by atoms with van der Waals surface area (Å²) in [5, 5.41) is 9.33. The number of hydrogen-bond acceptors (Lipinski definition) is 5. The molecule has 1 saturated heterocycles. The SMILES string of the molecule is CC(C)Sc1ccc2c(c1)C(=N)c1cc(SN3CCN(c4ccccc4)CC3)ccc1-2. The van der Waals surface area contributed by atoms with Crippen LogP contribution >= 0.6 is 23.7 Å². The molecule has 1 fully saturated rings. The molecule has 0 radical (unpaired) electrons. The first-order valence-electron chi connectivity index (χ1n) is 10.9. The van der Waals surface area contributed by atoms with Gasteiger partial charge in [-0.2, -0.15) is 0 Å². The third-order valence-corrected chi connectivity index (χ3v) is 7.86. The predicted molar refractivity (Wildman–Crippen MR) is 135 cm³/mol. The Morgan fingerprint density at radius 1 is 0.742 bits per heavy atom. The van der Waals surface area contributed by atoms with Gasteiger partial charge in [0.25, 0.3) is 0 Å². The Morgan fingerprint density at radius 3 is 2.00 bits per heavy atom. The van der Waals surface area contributed by atoms with E-state index in [2.05, 4.69) is 89.8 Å². The summed E-state index contributed by atoms with van der Waals surface area (Å²) in [6.45, 7) is 8.56. The van der Waals surface area contributed by atoms with E-state index in [4.69, 9.17) is 5.41 Å². The molecule has 0 aromatic heterocycles. The molecule has 0 saturated carbocycles. The maximum atomic E-state index is 8.79. The fraction of sp³-hybridized carbons (Fsp3) is 0.269. The minimum absolute atomic E-state index is 0.543. The second-order valence-electron chi connectivity index (χ2n) is 8.30. The van der Waals surface area contributed by atoms with Crippen LogP contribution in [0.25, 0.3) is 11.1 Å². The van der Waals surface area contributed by atoms with Crippen molar-refractivity contribution >= 4 is 35.1 Å². The van der Waals surface area contributed by atoms with Crippen molar-refractivity contribution in [1.29, 1.82) is 5.41 Å². The lowest BCUT2D eigenvalue weighted by Crippen LogP contribution is -2.43. The number of fused-ring (bicyclic) bond motifs is 3. The van der Waals surface area contributed by atoms with Crippen LogP contribution < -0.4 is 4.90 Å². The number of nitrogens with zero attached hydrogens (tertiary/aromatic N) is 2. The lowest BCUT2D eigenvalue weighted by Gasteiger charge is -2.35. The molecule has 0 unspecified atom stereocenters. The van der Waals surface area contributed by atoms with Crippen LogP contribution in [0.15, 0.2) is 76.5 Å². The van der Waals surface area contributed by atoms with Gasteiger partial charge in [0.15, 0.2) is 0 Å². The lowest BCUT2D eigenvalue weighted by atomic mass is 10.1. The smallest absolute Gasteiger partial charge is 0.0697 e. The Hall–Kier alpha value is -2.21. The summed E-state index contributed by atoms with van der Waals surface area (Å²) < 4.78 is 2.45. The fourth-order valence-corrected chi connectivity index (χ4v) is 6.12. The molecular weight excluding hydrogens is 418 g/mol. The molecule has 158 valence electrons. The van der Waals surface area contributed by atoms with Gasteiger partial charge in [-0.15, -0.1) is 11.8 Å². The van der Waals surface area contributed by atoms with Gasteiger partial charge in [-0.3, -0.25) is 5.41 Å². The minimum Gasteiger partial charge on any atom is -0.369 e. The van der Waals surface area contributed by atoms with Gasteiger partial charge in [0.2, 0.25) is 0 Å². The molecule has 5 heteroatoms. The van der Waals surface area contributed by atoms with Crippen molar-refractivity contribution < 1.29 is 0 Å². The summed E-state index contributed by atoms with van der Waals surface area (Å²) in [6, 6.07) is 23.9. The van der Waals surface area contributed by atoms with E-state index in [9.17, 15) is 0 Å². The third-order valence-electron chi connectivity index (χ3n) is 5.78. The highest BCUT2D eigenvalue weighted by molar-refractivity contribution is 7.99. The molecule has 0 amide bonds. The van der Waals surface area contributed by atoms with E-state index in [0.717, 1.165) is 37.3 Å². The summed E-state index contributed by atoms with van der Waals surface area (Å²) in [4.78, 5) is 4.93. The molecule has 0 spiro atoms. The van der Waals surface area contributed by atoms with Crippen molar-refractivity contribution in [3.05, 3.63) is 77.9 Å². The van der Waals surface area contributed by atoms with Crippen molar-refractivity contribution in [2.24, 2.45) is 0 Å². The fourth-order valence-electron chi connectivity index (χ4n) is 4.30. The first kappa shape index (κ1) is 20.7. The van der Waals surface area contributed by atoms with E-state index in [1.807, 2.05) is 23.7 Å². The Kier molecular flexibility index (Phi) is 5.83. The molecule has 3 aromatic rings. The summed E-state index contributed by atoms with van der Waals surface area (Å²) in [5.41, 5.74) is 6.49. The molecule has 0 atom stereocenters. The average molecular weight is 446 g/mol. The molecule has 1 N–H and O–H groups in total. The number of anilines is 1. The maximum Gasteiger partial charge on any atom is 0.0697 e. The molecule has 5 rings (SSSR count). The number of rotatable bonds is 5. The molecule has 2 aliphatic rings. The van der Waals surface area contributed by atoms with Gasteiger partial charge in [-0.1, -0.05) is 44.2 Å². The second kappa shape index (κ2) is 8.73. The van der Waals surface area contributed by atoms with Crippen molar-refractivity contribution in [2.45, 2.75) is 28.9 Å². The van der Waals surface area contributed by atoms with Crippen molar-refractivity contribution in [3.63, 3.8) is 0 Å². The zero-order valence-corrected chi connectivity index (χ0v) is 19.6. The Morgan fingerprint density at radius 2 is 1.35 bits per heavy atom. The molecule has 31 heavy (non-hydrogen) atoms. The van der Waals surface area contributed by atoms with Gasteiger partial charge in [0.1, 0.15) is 0 Å². The number of hydrogen-bond donors (Lipinski definition) is 1. The molecular formula is C26H27N3S2. The highest BCUT2D eigenvalue weighted by Gasteiger charge is 2.25. The predicted octanol–water partition coefficient (Wildman–Crippen LogP) is 6.41. The number of para-hydroxylation sites is 1. The van der Waals surface area contributed by atoms with Crippen molar-refractivity contribution in [2.75, 3.05) is 31.1 Å². The van der Waals surface area contributed by atoms with E-state index in [1.165, 1.54) is 26.6 Å². The highest BCUT2D eigenvalue weighted by atomic mass is 32.2. The number of thioether (sulfide) groups is 1. The van der Waals surface area contributed by atoms with Crippen LogP contribution in [0.5, 0.6) is 0 Å². The Bertz CT molecular complexity index is 1100. The summed E-state index contributed by atoms with van der Waals surface area (Å²) in [7, 11) is 0. The number of benzene rings is 3. The molecule has 1 heterocycles. The van der Waals surface area contributed by atoms with Crippen LogP contribution in [-0.4, -0.2) is 41.4 Å². The third kappa shape index (κ3) is 4.27. The van der Waals surface area contributed by atoms with Crippen molar-refractivity contribution in [3.8, 4) is 11.1 Å². The topological polar surface area (TPSA) is 30.3 Å². The van der Waals surface area contributed by atoms with E-state index in [-0.39, 0.29) is 0 Å². The minimum atomic E-state index is 0.543. The molecule has 0 bridgehead atoms. The van der Waals surface area contributed by atoms with Gasteiger partial charge in [0.05, 0.1) is 5.71 Å². The number of piperazine rings is 1. The Balaban J connectivity index is 1.28. The van der Waals surface area contributed by atoms with Crippen molar-refractivity contribution in [1.82, 2.24) is 4.31 Å². The number of nitrogens with one attached hydrogen (secondary N) is 1. The normalized spacial score (nSPS) is 16.0. The van der Waals surface area contributed by atoms with Gasteiger partial charge in [-0.05, 0) is 59.5 Å². The first-order chi connectivity index (χ1) is 15.1. The quantitative estimate of drug-likeness (QED) is 0.284. The second-order valence-corrected chi connectivity index (χ2v) is 11.1. The van der Waals surface area contributed by atoms with E-state index in [1.54, 1.807) is 0 Å². The zero-order chi connectivity index (χ0) is 21.4. The van der Waals surface area contributed by atoms with E-state index in [0.29, 0.717) is 11.0 Å².